The number of pyridine rings is 1. The second-order valence-electron chi connectivity index (χ2n) is 5.67. The van der Waals surface area contributed by atoms with E-state index in [1.165, 1.54) is 0 Å². The fourth-order valence-corrected chi connectivity index (χ4v) is 2.68. The molecule has 26 heavy (non-hydrogen) atoms. The maximum absolute atomic E-state index is 5.40. The highest BCUT2D eigenvalue weighted by Crippen LogP contribution is 2.29. The van der Waals surface area contributed by atoms with Gasteiger partial charge in [0.1, 0.15) is 5.65 Å². The van der Waals surface area contributed by atoms with Crippen LogP contribution in [-0.4, -0.2) is 67.6 Å². The Balaban J connectivity index is 2.02. The summed E-state index contributed by atoms with van der Waals surface area (Å²) in [6.45, 7) is 2.44. The van der Waals surface area contributed by atoms with Gasteiger partial charge in [-0.2, -0.15) is 4.98 Å². The molecule has 8 heteroatoms. The van der Waals surface area contributed by atoms with Crippen LogP contribution in [0.25, 0.3) is 22.3 Å². The molecule has 3 rings (SSSR count). The van der Waals surface area contributed by atoms with Crippen molar-refractivity contribution in [3.8, 4) is 17.1 Å². The van der Waals surface area contributed by atoms with Crippen molar-refractivity contribution < 1.29 is 14.2 Å². The van der Waals surface area contributed by atoms with Gasteiger partial charge in [-0.3, -0.25) is 0 Å². The third kappa shape index (κ3) is 3.92. The monoisotopic (exact) mass is 357 g/mol. The van der Waals surface area contributed by atoms with Crippen molar-refractivity contribution in [2.24, 2.45) is 0 Å². The quantitative estimate of drug-likeness (QED) is 0.628. The highest BCUT2D eigenvalue weighted by Gasteiger charge is 2.16. The fourth-order valence-electron chi connectivity index (χ4n) is 2.68. The Labute approximate surface area is 152 Å². The number of nitrogens with zero attached hydrogens (tertiary/aromatic N) is 4. The molecule has 0 aliphatic heterocycles. The Hall–Kier alpha value is -2.71. The molecule has 0 aliphatic carbocycles. The van der Waals surface area contributed by atoms with Crippen LogP contribution in [0.3, 0.4) is 0 Å². The first-order valence-electron chi connectivity index (χ1n) is 8.35. The lowest BCUT2D eigenvalue weighted by Crippen LogP contribution is -2.32. The largest absolute Gasteiger partial charge is 0.481 e. The summed E-state index contributed by atoms with van der Waals surface area (Å²) in [7, 11) is 4.94. The first kappa shape index (κ1) is 18.1. The zero-order valence-electron chi connectivity index (χ0n) is 15.2. The van der Waals surface area contributed by atoms with Gasteiger partial charge in [0.05, 0.1) is 26.0 Å². The fraction of sp³-hybridized carbons (Fsp3) is 0.389. The number of aromatic nitrogens is 4. The van der Waals surface area contributed by atoms with Crippen LogP contribution in [0.15, 0.2) is 30.6 Å². The van der Waals surface area contributed by atoms with Gasteiger partial charge in [-0.05, 0) is 12.1 Å². The van der Waals surface area contributed by atoms with E-state index < -0.39 is 0 Å². The zero-order valence-corrected chi connectivity index (χ0v) is 15.2. The Morgan fingerprint density at radius 1 is 1.08 bits per heavy atom. The molecule has 0 radical (unpaired) electrons. The zero-order chi connectivity index (χ0) is 18.4. The number of ether oxygens (including phenoxy) is 3. The summed E-state index contributed by atoms with van der Waals surface area (Å²) in [4.78, 5) is 18.8. The van der Waals surface area contributed by atoms with Crippen molar-refractivity contribution in [3.63, 3.8) is 0 Å². The van der Waals surface area contributed by atoms with Gasteiger partial charge in [0.15, 0.2) is 0 Å². The van der Waals surface area contributed by atoms with Crippen LogP contribution in [0.4, 0.5) is 5.95 Å². The van der Waals surface area contributed by atoms with E-state index >= 15 is 0 Å². The van der Waals surface area contributed by atoms with Crippen LogP contribution in [0.1, 0.15) is 0 Å². The van der Waals surface area contributed by atoms with E-state index in [-0.39, 0.29) is 0 Å². The van der Waals surface area contributed by atoms with Gasteiger partial charge in [0.25, 0.3) is 0 Å². The molecule has 0 aliphatic rings. The molecule has 0 amide bonds. The van der Waals surface area contributed by atoms with Crippen LogP contribution < -0.4 is 9.64 Å². The van der Waals surface area contributed by atoms with Crippen molar-refractivity contribution in [1.82, 2.24) is 19.9 Å². The maximum atomic E-state index is 5.40. The van der Waals surface area contributed by atoms with E-state index in [0.29, 0.717) is 38.1 Å². The topological polar surface area (TPSA) is 85.4 Å². The van der Waals surface area contributed by atoms with Gasteiger partial charge in [-0.1, -0.05) is 0 Å². The van der Waals surface area contributed by atoms with Crippen LogP contribution in [0.5, 0.6) is 5.88 Å². The number of fused-ring (bicyclic) bond motifs is 1. The number of methoxy groups -OCH3 is 3. The lowest BCUT2D eigenvalue weighted by molar-refractivity contribution is 0.189. The third-order valence-corrected chi connectivity index (χ3v) is 4.04. The van der Waals surface area contributed by atoms with Crippen molar-refractivity contribution in [1.29, 1.82) is 0 Å². The van der Waals surface area contributed by atoms with Gasteiger partial charge in [0.2, 0.25) is 11.8 Å². The van der Waals surface area contributed by atoms with Crippen LogP contribution >= 0.6 is 0 Å². The summed E-state index contributed by atoms with van der Waals surface area (Å²) in [6, 6.07) is 5.74. The van der Waals surface area contributed by atoms with Crippen molar-refractivity contribution in [2.75, 3.05) is 52.5 Å². The molecule has 0 saturated heterocycles. The molecule has 3 heterocycles. The second-order valence-corrected chi connectivity index (χ2v) is 5.67. The Morgan fingerprint density at radius 2 is 1.85 bits per heavy atom. The lowest BCUT2D eigenvalue weighted by Gasteiger charge is -2.22. The lowest BCUT2D eigenvalue weighted by atomic mass is 10.1. The first-order chi connectivity index (χ1) is 12.8. The smallest absolute Gasteiger partial charge is 0.229 e. The predicted molar refractivity (Wildman–Crippen MR) is 99.6 cm³/mol. The predicted octanol–water partition coefficient (Wildman–Crippen LogP) is 2.13. The van der Waals surface area contributed by atoms with E-state index in [2.05, 4.69) is 15.0 Å². The molecule has 0 atom stereocenters. The normalized spacial score (nSPS) is 11.0. The molecule has 138 valence electrons. The number of anilines is 1. The molecule has 0 fully saturated rings. The average Bonchev–Trinajstić information content (AvgIpc) is 3.12. The van der Waals surface area contributed by atoms with Gasteiger partial charge in [0, 0.05) is 56.7 Å². The van der Waals surface area contributed by atoms with E-state index in [0.717, 1.165) is 22.3 Å². The third-order valence-electron chi connectivity index (χ3n) is 4.04. The van der Waals surface area contributed by atoms with Gasteiger partial charge >= 0.3 is 0 Å². The number of aromatic amines is 1. The van der Waals surface area contributed by atoms with Gasteiger partial charge < -0.3 is 24.1 Å². The number of H-pyrrole nitrogens is 1. The standard InChI is InChI=1S/C18H23N5O3/c1-24-9-7-23(8-10-25-2)18-21-15(11-16(22-18)26-3)14-12-20-17-13(14)5-4-6-19-17/h4-6,11-12H,7-10H2,1-3H3,(H,19,20). The number of rotatable bonds is 9. The Kier molecular flexibility index (Phi) is 5.98. The molecule has 3 aromatic rings. The average molecular weight is 357 g/mol. The molecular formula is C18H23N5O3. The van der Waals surface area contributed by atoms with Crippen LogP contribution in [0, 0.1) is 0 Å². The summed E-state index contributed by atoms with van der Waals surface area (Å²) in [5.74, 6) is 1.08. The number of hydrogen-bond donors (Lipinski definition) is 1. The highest BCUT2D eigenvalue weighted by molar-refractivity contribution is 5.92. The van der Waals surface area contributed by atoms with Crippen LogP contribution in [-0.2, 0) is 9.47 Å². The van der Waals surface area contributed by atoms with Crippen molar-refractivity contribution in [2.45, 2.75) is 0 Å². The molecule has 0 saturated carbocycles. The summed E-state index contributed by atoms with van der Waals surface area (Å²) >= 11 is 0. The molecule has 0 spiro atoms. The minimum absolute atomic E-state index is 0.503. The van der Waals surface area contributed by atoms with Gasteiger partial charge in [-0.15, -0.1) is 0 Å². The first-order valence-corrected chi connectivity index (χ1v) is 8.35. The molecule has 0 unspecified atom stereocenters. The molecule has 0 bridgehead atoms. The SMILES string of the molecule is COCCN(CCOC)c1nc(OC)cc(-c2c[nH]c3ncccc23)n1. The number of nitrogens with one attached hydrogen (secondary N) is 1. The Bertz CT molecular complexity index is 844. The van der Waals surface area contributed by atoms with Gasteiger partial charge in [-0.25, -0.2) is 9.97 Å². The molecule has 8 nitrogen and oxygen atoms in total. The molecular weight excluding hydrogens is 334 g/mol. The summed E-state index contributed by atoms with van der Waals surface area (Å²) in [5, 5.41) is 1.000. The molecule has 1 N–H and O–H groups in total. The Morgan fingerprint density at radius 3 is 2.54 bits per heavy atom. The summed E-state index contributed by atoms with van der Waals surface area (Å²) in [6.07, 6.45) is 3.66. The summed E-state index contributed by atoms with van der Waals surface area (Å²) in [5.41, 5.74) is 2.54. The molecule has 3 aromatic heterocycles. The minimum atomic E-state index is 0.503. The van der Waals surface area contributed by atoms with E-state index in [9.17, 15) is 0 Å². The summed E-state index contributed by atoms with van der Waals surface area (Å²) < 4.78 is 15.8. The minimum Gasteiger partial charge on any atom is -0.481 e. The van der Waals surface area contributed by atoms with Crippen LogP contribution in [0.2, 0.25) is 0 Å². The van der Waals surface area contributed by atoms with E-state index in [1.807, 2.05) is 29.3 Å². The van der Waals surface area contributed by atoms with Crippen molar-refractivity contribution >= 4 is 17.0 Å². The molecule has 0 aromatic carbocycles. The van der Waals surface area contributed by atoms with E-state index in [1.54, 1.807) is 27.5 Å². The highest BCUT2D eigenvalue weighted by atomic mass is 16.5. The number of hydrogen-bond acceptors (Lipinski definition) is 7. The van der Waals surface area contributed by atoms with Crippen molar-refractivity contribution in [3.05, 3.63) is 30.6 Å². The van der Waals surface area contributed by atoms with E-state index in [4.69, 9.17) is 19.2 Å². The maximum Gasteiger partial charge on any atom is 0.229 e. The second kappa shape index (κ2) is 8.59.